The minimum Gasteiger partial charge on any atom is -0.493 e. The van der Waals surface area contributed by atoms with Crippen LogP contribution in [0.25, 0.3) is 28.2 Å². The maximum absolute atomic E-state index is 14.7. The van der Waals surface area contributed by atoms with Crippen LogP contribution in [0.2, 0.25) is 0 Å². The van der Waals surface area contributed by atoms with Crippen LogP contribution < -0.4 is 10.1 Å². The SMILES string of the molecule is Cc1cnc2n1Cc1cc(C(F)(F)F)ncc1-c1cnc(NCc3c(F)ccc4c3CCO4)n3cnc-2c13. The Morgan fingerprint density at radius 3 is 2.74 bits per heavy atom. The van der Waals surface area contributed by atoms with Gasteiger partial charge in [-0.05, 0) is 30.7 Å². The summed E-state index contributed by atoms with van der Waals surface area (Å²) in [4.78, 5) is 17.4. The minimum absolute atomic E-state index is 0.161. The maximum atomic E-state index is 14.7. The molecule has 38 heavy (non-hydrogen) atoms. The molecule has 2 aliphatic heterocycles. The standard InChI is InChI=1S/C26H19F4N7O/c1-13-7-32-24-22-23-18(16-8-31-21(26(28,29)30)6-14(16)11-36(13)24)10-34-25(37(23)12-35-22)33-9-17-15-4-5-38-20(15)3-2-19(17)27/h2-3,6-8,10,12H,4-5,9,11H2,1H3,(H,33,34). The van der Waals surface area contributed by atoms with Crippen LogP contribution in [0.4, 0.5) is 23.5 Å². The van der Waals surface area contributed by atoms with Gasteiger partial charge < -0.3 is 14.6 Å². The van der Waals surface area contributed by atoms with Gasteiger partial charge in [-0.2, -0.15) is 13.2 Å². The molecule has 1 N–H and O–H groups in total. The van der Waals surface area contributed by atoms with E-state index in [4.69, 9.17) is 4.74 Å². The van der Waals surface area contributed by atoms with Crippen molar-refractivity contribution in [3.63, 3.8) is 0 Å². The lowest BCUT2D eigenvalue weighted by molar-refractivity contribution is -0.141. The summed E-state index contributed by atoms with van der Waals surface area (Å²) in [5.74, 6) is 1.26. The number of aromatic nitrogens is 6. The summed E-state index contributed by atoms with van der Waals surface area (Å²) in [5.41, 5.74) is 3.84. The van der Waals surface area contributed by atoms with Crippen molar-refractivity contribution in [3.05, 3.63) is 77.0 Å². The molecule has 7 rings (SSSR count). The first-order chi connectivity index (χ1) is 18.3. The molecule has 4 aromatic heterocycles. The number of fused-ring (bicyclic) bond motifs is 5. The topological polar surface area (TPSA) is 82.2 Å². The molecule has 0 aliphatic carbocycles. The van der Waals surface area contributed by atoms with Crippen molar-refractivity contribution in [1.29, 1.82) is 0 Å². The normalized spacial score (nSPS) is 13.9. The number of aryl methyl sites for hydroxylation is 1. The third-order valence-corrected chi connectivity index (χ3v) is 7.10. The molecule has 1 aromatic carbocycles. The average Bonchev–Trinajstić information content (AvgIpc) is 3.61. The Bertz CT molecular complexity index is 1760. The highest BCUT2D eigenvalue weighted by Crippen LogP contribution is 2.39. The maximum Gasteiger partial charge on any atom is 0.433 e. The number of hydrogen-bond donors (Lipinski definition) is 1. The predicted molar refractivity (Wildman–Crippen MR) is 129 cm³/mol. The van der Waals surface area contributed by atoms with E-state index in [1.807, 2.05) is 11.5 Å². The second-order valence-electron chi connectivity index (χ2n) is 9.30. The molecule has 5 aromatic rings. The van der Waals surface area contributed by atoms with Gasteiger partial charge in [0.15, 0.2) is 5.82 Å². The Morgan fingerprint density at radius 2 is 1.89 bits per heavy atom. The molecule has 0 saturated heterocycles. The fourth-order valence-corrected chi connectivity index (χ4v) is 5.23. The second kappa shape index (κ2) is 8.01. The lowest BCUT2D eigenvalue weighted by Crippen LogP contribution is -2.14. The molecule has 192 valence electrons. The predicted octanol–water partition coefficient (Wildman–Crippen LogP) is 5.03. The Kier molecular flexibility index (Phi) is 4.78. The zero-order valence-electron chi connectivity index (χ0n) is 20.0. The number of imidazole rings is 2. The van der Waals surface area contributed by atoms with E-state index in [9.17, 15) is 17.6 Å². The molecule has 0 spiro atoms. The third kappa shape index (κ3) is 3.36. The number of benzene rings is 1. The zero-order chi connectivity index (χ0) is 26.2. The molecule has 0 radical (unpaired) electrons. The van der Waals surface area contributed by atoms with Crippen LogP contribution in [0, 0.1) is 12.7 Å². The summed E-state index contributed by atoms with van der Waals surface area (Å²) in [5, 5.41) is 3.21. The van der Waals surface area contributed by atoms with E-state index in [1.165, 1.54) is 12.3 Å². The zero-order valence-corrected chi connectivity index (χ0v) is 20.0. The smallest absolute Gasteiger partial charge is 0.433 e. The van der Waals surface area contributed by atoms with Crippen LogP contribution in [0.15, 0.2) is 43.1 Å². The van der Waals surface area contributed by atoms with Crippen LogP contribution in [-0.4, -0.2) is 35.5 Å². The van der Waals surface area contributed by atoms with Gasteiger partial charge in [0.1, 0.15) is 29.3 Å². The number of pyridine rings is 1. The molecule has 0 fully saturated rings. The molecule has 12 heteroatoms. The van der Waals surface area contributed by atoms with Crippen molar-refractivity contribution in [2.75, 3.05) is 11.9 Å². The summed E-state index contributed by atoms with van der Waals surface area (Å²) in [6.07, 6.45) is 2.10. The minimum atomic E-state index is -4.58. The fraction of sp³-hybridized carbons (Fsp3) is 0.231. The number of anilines is 1. The molecule has 6 heterocycles. The number of halogens is 4. The molecule has 0 bridgehead atoms. The van der Waals surface area contributed by atoms with Crippen molar-refractivity contribution in [2.45, 2.75) is 32.6 Å². The van der Waals surface area contributed by atoms with Crippen LogP contribution >= 0.6 is 0 Å². The summed E-state index contributed by atoms with van der Waals surface area (Å²) in [6, 6.07) is 4.09. The highest BCUT2D eigenvalue weighted by atomic mass is 19.4. The Balaban J connectivity index is 1.39. The number of nitrogens with one attached hydrogen (secondary N) is 1. The van der Waals surface area contributed by atoms with E-state index in [0.717, 1.165) is 17.3 Å². The van der Waals surface area contributed by atoms with Crippen LogP contribution in [-0.2, 0) is 25.7 Å². The van der Waals surface area contributed by atoms with Gasteiger partial charge in [-0.15, -0.1) is 0 Å². The number of nitrogens with zero attached hydrogens (tertiary/aromatic N) is 6. The second-order valence-corrected chi connectivity index (χ2v) is 9.30. The molecule has 0 atom stereocenters. The van der Waals surface area contributed by atoms with Gasteiger partial charge in [0.25, 0.3) is 0 Å². The monoisotopic (exact) mass is 521 g/mol. The fourth-order valence-electron chi connectivity index (χ4n) is 5.23. The van der Waals surface area contributed by atoms with Gasteiger partial charge >= 0.3 is 6.18 Å². The highest BCUT2D eigenvalue weighted by Gasteiger charge is 2.34. The van der Waals surface area contributed by atoms with Gasteiger partial charge in [-0.3, -0.25) is 9.38 Å². The van der Waals surface area contributed by atoms with Gasteiger partial charge in [-0.25, -0.2) is 19.3 Å². The third-order valence-electron chi connectivity index (χ3n) is 7.10. The summed E-state index contributed by atoms with van der Waals surface area (Å²) < 4.78 is 64.4. The molecular formula is C26H19F4N7O. The van der Waals surface area contributed by atoms with E-state index in [1.54, 1.807) is 29.2 Å². The molecule has 0 saturated carbocycles. The van der Waals surface area contributed by atoms with Crippen molar-refractivity contribution in [3.8, 4) is 28.4 Å². The van der Waals surface area contributed by atoms with Gasteiger partial charge in [-0.1, -0.05) is 0 Å². The first-order valence-corrected chi connectivity index (χ1v) is 11.9. The first-order valence-electron chi connectivity index (χ1n) is 11.9. The molecule has 0 unspecified atom stereocenters. The van der Waals surface area contributed by atoms with E-state index >= 15 is 0 Å². The summed E-state index contributed by atoms with van der Waals surface area (Å²) in [7, 11) is 0. The van der Waals surface area contributed by atoms with Crippen molar-refractivity contribution >= 4 is 11.5 Å². The largest absolute Gasteiger partial charge is 0.493 e. The number of ether oxygens (including phenoxy) is 1. The van der Waals surface area contributed by atoms with Crippen LogP contribution in [0.5, 0.6) is 5.75 Å². The summed E-state index contributed by atoms with van der Waals surface area (Å²) in [6.45, 7) is 2.67. The Labute approximate surface area is 213 Å². The van der Waals surface area contributed by atoms with Crippen molar-refractivity contribution < 1.29 is 22.3 Å². The molecule has 8 nitrogen and oxygen atoms in total. The van der Waals surface area contributed by atoms with Crippen LogP contribution in [0.3, 0.4) is 0 Å². The lowest BCUT2D eigenvalue weighted by Gasteiger charge is -2.20. The lowest BCUT2D eigenvalue weighted by atomic mass is 9.99. The number of rotatable bonds is 3. The first kappa shape index (κ1) is 22.7. The van der Waals surface area contributed by atoms with Crippen LogP contribution in [0.1, 0.15) is 28.1 Å². The molecule has 2 aliphatic rings. The number of hydrogen-bond acceptors (Lipinski definition) is 6. The quantitative estimate of drug-likeness (QED) is 0.329. The Hall–Kier alpha value is -4.48. The van der Waals surface area contributed by atoms with Crippen molar-refractivity contribution in [1.82, 2.24) is 28.9 Å². The van der Waals surface area contributed by atoms with Gasteiger partial charge in [0.05, 0.1) is 18.7 Å². The van der Waals surface area contributed by atoms with E-state index in [2.05, 4.69) is 25.3 Å². The van der Waals surface area contributed by atoms with E-state index < -0.39 is 11.9 Å². The van der Waals surface area contributed by atoms with E-state index in [0.29, 0.717) is 64.0 Å². The number of alkyl halides is 3. The van der Waals surface area contributed by atoms with E-state index in [-0.39, 0.29) is 18.9 Å². The molecule has 0 amide bonds. The van der Waals surface area contributed by atoms with Crippen molar-refractivity contribution in [2.24, 2.45) is 0 Å². The highest BCUT2D eigenvalue weighted by molar-refractivity contribution is 5.92. The Morgan fingerprint density at radius 1 is 1.05 bits per heavy atom. The summed E-state index contributed by atoms with van der Waals surface area (Å²) >= 11 is 0. The van der Waals surface area contributed by atoms with Gasteiger partial charge in [0.2, 0.25) is 5.95 Å². The van der Waals surface area contributed by atoms with Gasteiger partial charge in [0, 0.05) is 59.5 Å². The average molecular weight is 521 g/mol. The molecular weight excluding hydrogens is 502 g/mol.